The van der Waals surface area contributed by atoms with Gasteiger partial charge in [-0.15, -0.1) is 0 Å². The molecular weight excluding hydrogens is 318 g/mol. The molecular formula is C19H27N3O3. The topological polar surface area (TPSA) is 65.4 Å². The van der Waals surface area contributed by atoms with Gasteiger partial charge in [-0.05, 0) is 44.7 Å². The summed E-state index contributed by atoms with van der Waals surface area (Å²) in [5, 5.41) is 3.61. The summed E-state index contributed by atoms with van der Waals surface area (Å²) in [5.74, 6) is 0.665. The third kappa shape index (κ3) is 4.38. The van der Waals surface area contributed by atoms with E-state index >= 15 is 0 Å². The summed E-state index contributed by atoms with van der Waals surface area (Å²) in [6.45, 7) is 1.56. The van der Waals surface area contributed by atoms with Gasteiger partial charge in [0.25, 0.3) is 5.56 Å². The Morgan fingerprint density at radius 1 is 1.32 bits per heavy atom. The van der Waals surface area contributed by atoms with Crippen molar-refractivity contribution in [3.63, 3.8) is 0 Å². The van der Waals surface area contributed by atoms with Crippen molar-refractivity contribution >= 4 is 11.0 Å². The zero-order valence-electron chi connectivity index (χ0n) is 15.0. The fraction of sp³-hybridized carbons (Fsp3) is 0.579. The average Bonchev–Trinajstić information content (AvgIpc) is 2.66. The maximum Gasteiger partial charge on any atom is 0.251 e. The molecule has 0 spiro atoms. The molecule has 1 aliphatic carbocycles. The standard InChI is InChI=1S/C19H27N3O3/c1-24-15-6-3-5-14(11-15)20-9-4-10-22-18-12-16(25-2)13-21-17(18)7-8-19(22)23/h7-8,12-15,20H,3-6,9-11H2,1-2H3. The lowest BCUT2D eigenvalue weighted by Gasteiger charge is -2.29. The van der Waals surface area contributed by atoms with E-state index in [2.05, 4.69) is 10.3 Å². The Labute approximate surface area is 148 Å². The summed E-state index contributed by atoms with van der Waals surface area (Å²) in [6, 6.07) is 5.74. The molecule has 1 aliphatic rings. The van der Waals surface area contributed by atoms with Crippen LogP contribution in [0.25, 0.3) is 11.0 Å². The molecule has 2 aromatic rings. The van der Waals surface area contributed by atoms with Crippen LogP contribution < -0.4 is 15.6 Å². The first-order chi connectivity index (χ1) is 12.2. The summed E-state index contributed by atoms with van der Waals surface area (Å²) in [4.78, 5) is 16.6. The molecule has 2 heterocycles. The zero-order valence-corrected chi connectivity index (χ0v) is 15.0. The molecule has 0 radical (unpaired) electrons. The maximum absolute atomic E-state index is 12.3. The Bertz CT molecular complexity index is 759. The minimum atomic E-state index is -0.000309. The molecule has 3 rings (SSSR count). The summed E-state index contributed by atoms with van der Waals surface area (Å²) in [6.07, 6.45) is 7.60. The summed E-state index contributed by atoms with van der Waals surface area (Å²) < 4.78 is 12.5. The number of nitrogens with one attached hydrogen (secondary N) is 1. The highest BCUT2D eigenvalue weighted by Crippen LogP contribution is 2.20. The van der Waals surface area contributed by atoms with Gasteiger partial charge in [-0.3, -0.25) is 9.78 Å². The van der Waals surface area contributed by atoms with Crippen molar-refractivity contribution in [3.05, 3.63) is 34.7 Å². The third-order valence-corrected chi connectivity index (χ3v) is 5.00. The molecule has 136 valence electrons. The molecule has 1 N–H and O–H groups in total. The minimum absolute atomic E-state index is 0.000309. The predicted molar refractivity (Wildman–Crippen MR) is 98.2 cm³/mol. The van der Waals surface area contributed by atoms with Gasteiger partial charge in [0.1, 0.15) is 5.75 Å². The monoisotopic (exact) mass is 345 g/mol. The summed E-state index contributed by atoms with van der Waals surface area (Å²) >= 11 is 0. The van der Waals surface area contributed by atoms with Crippen LogP contribution in [0, 0.1) is 0 Å². The molecule has 0 bridgehead atoms. The van der Waals surface area contributed by atoms with E-state index in [9.17, 15) is 4.79 Å². The lowest BCUT2D eigenvalue weighted by atomic mass is 9.93. The van der Waals surface area contributed by atoms with Crippen LogP contribution in [-0.2, 0) is 11.3 Å². The normalized spacial score (nSPS) is 20.7. The lowest BCUT2D eigenvalue weighted by Crippen LogP contribution is -2.37. The van der Waals surface area contributed by atoms with E-state index in [1.165, 1.54) is 12.8 Å². The van der Waals surface area contributed by atoms with Crippen LogP contribution in [0.3, 0.4) is 0 Å². The third-order valence-electron chi connectivity index (χ3n) is 5.00. The van der Waals surface area contributed by atoms with Gasteiger partial charge in [0, 0.05) is 31.8 Å². The second-order valence-electron chi connectivity index (χ2n) is 6.63. The molecule has 25 heavy (non-hydrogen) atoms. The summed E-state index contributed by atoms with van der Waals surface area (Å²) in [7, 11) is 3.40. The van der Waals surface area contributed by atoms with Gasteiger partial charge in [0.2, 0.25) is 0 Å². The van der Waals surface area contributed by atoms with Crippen LogP contribution in [0.5, 0.6) is 5.75 Å². The van der Waals surface area contributed by atoms with Gasteiger partial charge in [-0.1, -0.05) is 0 Å². The average molecular weight is 345 g/mol. The number of methoxy groups -OCH3 is 2. The maximum atomic E-state index is 12.3. The molecule has 6 heteroatoms. The van der Waals surface area contributed by atoms with Crippen molar-refractivity contribution in [2.75, 3.05) is 20.8 Å². The first kappa shape index (κ1) is 17.9. The minimum Gasteiger partial charge on any atom is -0.495 e. The largest absolute Gasteiger partial charge is 0.495 e. The van der Waals surface area contributed by atoms with E-state index in [0.29, 0.717) is 24.4 Å². The molecule has 1 fully saturated rings. The van der Waals surface area contributed by atoms with Crippen LogP contribution in [0.1, 0.15) is 32.1 Å². The van der Waals surface area contributed by atoms with Crippen molar-refractivity contribution in [2.24, 2.45) is 0 Å². The second kappa shape index (κ2) is 8.45. The number of pyridine rings is 2. The Balaban J connectivity index is 1.61. The van der Waals surface area contributed by atoms with E-state index in [1.807, 2.05) is 6.07 Å². The highest BCUT2D eigenvalue weighted by atomic mass is 16.5. The van der Waals surface area contributed by atoms with Crippen molar-refractivity contribution in [1.82, 2.24) is 14.9 Å². The quantitative estimate of drug-likeness (QED) is 0.780. The van der Waals surface area contributed by atoms with Gasteiger partial charge >= 0.3 is 0 Å². The van der Waals surface area contributed by atoms with Crippen molar-refractivity contribution in [2.45, 2.75) is 50.8 Å². The molecule has 2 unspecified atom stereocenters. The van der Waals surface area contributed by atoms with E-state index in [-0.39, 0.29) is 5.56 Å². The fourth-order valence-electron chi connectivity index (χ4n) is 3.58. The number of aryl methyl sites for hydroxylation is 1. The van der Waals surface area contributed by atoms with Crippen LogP contribution >= 0.6 is 0 Å². The highest BCUT2D eigenvalue weighted by Gasteiger charge is 2.20. The molecule has 0 amide bonds. The van der Waals surface area contributed by atoms with E-state index in [0.717, 1.165) is 36.8 Å². The smallest absolute Gasteiger partial charge is 0.251 e. The lowest BCUT2D eigenvalue weighted by molar-refractivity contribution is 0.0588. The number of ether oxygens (including phenoxy) is 2. The Morgan fingerprint density at radius 2 is 2.20 bits per heavy atom. The Morgan fingerprint density at radius 3 is 3.00 bits per heavy atom. The highest BCUT2D eigenvalue weighted by molar-refractivity contribution is 5.75. The molecule has 1 saturated carbocycles. The first-order valence-corrected chi connectivity index (χ1v) is 9.01. The predicted octanol–water partition coefficient (Wildman–Crippen LogP) is 2.34. The van der Waals surface area contributed by atoms with Crippen LogP contribution in [0.15, 0.2) is 29.2 Å². The van der Waals surface area contributed by atoms with Gasteiger partial charge in [0.05, 0.1) is 30.4 Å². The first-order valence-electron chi connectivity index (χ1n) is 9.01. The van der Waals surface area contributed by atoms with Crippen molar-refractivity contribution in [1.29, 1.82) is 0 Å². The van der Waals surface area contributed by atoms with Gasteiger partial charge in [-0.25, -0.2) is 0 Å². The van der Waals surface area contributed by atoms with Crippen molar-refractivity contribution < 1.29 is 9.47 Å². The molecule has 2 aromatic heterocycles. The van der Waals surface area contributed by atoms with Crippen LogP contribution in [-0.4, -0.2) is 42.5 Å². The fourth-order valence-corrected chi connectivity index (χ4v) is 3.58. The van der Waals surface area contributed by atoms with Crippen molar-refractivity contribution in [3.8, 4) is 5.75 Å². The second-order valence-corrected chi connectivity index (χ2v) is 6.63. The van der Waals surface area contributed by atoms with E-state index < -0.39 is 0 Å². The number of hydrogen-bond donors (Lipinski definition) is 1. The Kier molecular flexibility index (Phi) is 6.04. The molecule has 6 nitrogen and oxygen atoms in total. The molecule has 0 saturated heterocycles. The summed E-state index contributed by atoms with van der Waals surface area (Å²) in [5.41, 5.74) is 1.63. The molecule has 0 aromatic carbocycles. The zero-order chi connectivity index (χ0) is 17.6. The number of nitrogens with zero attached hydrogens (tertiary/aromatic N) is 2. The SMILES string of the molecule is COc1cnc2ccc(=O)n(CCCNC3CCCC(OC)C3)c2c1. The van der Waals surface area contributed by atoms with Gasteiger partial charge < -0.3 is 19.4 Å². The molecule has 0 aliphatic heterocycles. The number of fused-ring (bicyclic) bond motifs is 1. The Hall–Kier alpha value is -1.92. The van der Waals surface area contributed by atoms with E-state index in [1.54, 1.807) is 37.1 Å². The number of aromatic nitrogens is 2. The molecule has 2 atom stereocenters. The van der Waals surface area contributed by atoms with Gasteiger partial charge in [-0.2, -0.15) is 0 Å². The van der Waals surface area contributed by atoms with Crippen LogP contribution in [0.2, 0.25) is 0 Å². The number of hydrogen-bond acceptors (Lipinski definition) is 5. The van der Waals surface area contributed by atoms with Gasteiger partial charge in [0.15, 0.2) is 0 Å². The van der Waals surface area contributed by atoms with Crippen LogP contribution in [0.4, 0.5) is 0 Å². The number of rotatable bonds is 7. The van der Waals surface area contributed by atoms with E-state index in [4.69, 9.17) is 9.47 Å².